The molecule has 27 heavy (non-hydrogen) atoms. The monoisotopic (exact) mass is 363 g/mol. The lowest BCUT2D eigenvalue weighted by atomic mass is 10.1. The Labute approximate surface area is 159 Å². The Hall–Kier alpha value is -2.89. The number of urea groups is 1. The molecule has 1 saturated carbocycles. The summed E-state index contributed by atoms with van der Waals surface area (Å²) >= 11 is 0. The molecule has 1 N–H and O–H groups in total. The first kappa shape index (κ1) is 17.5. The molecule has 1 aliphatic rings. The number of benzene rings is 1. The lowest BCUT2D eigenvalue weighted by molar-refractivity contribution is 0.181. The predicted molar refractivity (Wildman–Crippen MR) is 105 cm³/mol. The first-order valence-electron chi connectivity index (χ1n) is 9.38. The Bertz CT molecular complexity index is 961. The number of carbonyl (C=O) groups is 1. The topological polar surface area (TPSA) is 63.1 Å². The number of nitrogens with one attached hydrogen (secondary N) is 1. The fourth-order valence-electron chi connectivity index (χ4n) is 3.71. The molecule has 2 amide bonds. The molecule has 3 aromatic rings. The number of aryl methyl sites for hydroxylation is 2. The van der Waals surface area contributed by atoms with Crippen molar-refractivity contribution in [2.75, 3.05) is 7.05 Å². The third-order valence-electron chi connectivity index (χ3n) is 5.29. The number of fused-ring (bicyclic) bond motifs is 1. The van der Waals surface area contributed by atoms with E-state index in [2.05, 4.69) is 40.5 Å². The summed E-state index contributed by atoms with van der Waals surface area (Å²) in [4.78, 5) is 19.1. The van der Waals surface area contributed by atoms with Crippen LogP contribution in [0.5, 0.6) is 0 Å². The number of hydrogen-bond acceptors (Lipinski definition) is 3. The molecule has 1 fully saturated rings. The van der Waals surface area contributed by atoms with Crippen molar-refractivity contribution in [1.82, 2.24) is 25.0 Å². The number of aromatic nitrogens is 3. The van der Waals surface area contributed by atoms with Crippen molar-refractivity contribution in [3.05, 3.63) is 59.5 Å². The zero-order chi connectivity index (χ0) is 19.0. The summed E-state index contributed by atoms with van der Waals surface area (Å²) in [7, 11) is 3.78. The molecular weight excluding hydrogens is 338 g/mol. The largest absolute Gasteiger partial charge is 0.332 e. The second-order valence-corrected chi connectivity index (χ2v) is 7.40. The van der Waals surface area contributed by atoms with Gasteiger partial charge in [-0.1, -0.05) is 17.7 Å². The maximum Gasteiger partial charge on any atom is 0.318 e. The number of pyridine rings is 1. The highest BCUT2D eigenvalue weighted by molar-refractivity contribution is 5.83. The highest BCUT2D eigenvalue weighted by Gasteiger charge is 2.37. The van der Waals surface area contributed by atoms with Crippen molar-refractivity contribution in [1.29, 1.82) is 0 Å². The first-order valence-corrected chi connectivity index (χ1v) is 9.38. The normalized spacial score (nSPS) is 14.9. The summed E-state index contributed by atoms with van der Waals surface area (Å²) in [6, 6.07) is 12.1. The Balaban J connectivity index is 1.50. The van der Waals surface area contributed by atoms with Crippen LogP contribution in [0, 0.1) is 12.8 Å². The maximum absolute atomic E-state index is 12.8. The summed E-state index contributed by atoms with van der Waals surface area (Å²) in [5.74, 6) is 0.494. The average Bonchev–Trinajstić information content (AvgIpc) is 3.45. The van der Waals surface area contributed by atoms with Gasteiger partial charge in [0.25, 0.3) is 0 Å². The van der Waals surface area contributed by atoms with Crippen molar-refractivity contribution in [3.8, 4) is 0 Å². The lowest BCUT2D eigenvalue weighted by Gasteiger charge is -2.28. The van der Waals surface area contributed by atoms with Gasteiger partial charge < -0.3 is 10.2 Å². The maximum atomic E-state index is 12.8. The average molecular weight is 363 g/mol. The van der Waals surface area contributed by atoms with Gasteiger partial charge in [-0.25, -0.2) is 4.79 Å². The molecule has 6 heteroatoms. The van der Waals surface area contributed by atoms with E-state index < -0.39 is 0 Å². The minimum Gasteiger partial charge on any atom is -0.332 e. The van der Waals surface area contributed by atoms with Gasteiger partial charge in [-0.15, -0.1) is 0 Å². The number of hydrogen-bond donors (Lipinski definition) is 1. The van der Waals surface area contributed by atoms with Crippen molar-refractivity contribution in [2.24, 2.45) is 13.0 Å². The van der Waals surface area contributed by atoms with Crippen LogP contribution in [-0.2, 0) is 13.6 Å². The molecule has 2 aromatic heterocycles. The van der Waals surface area contributed by atoms with Crippen molar-refractivity contribution in [3.63, 3.8) is 0 Å². The Morgan fingerprint density at radius 2 is 2.15 bits per heavy atom. The molecule has 1 aromatic carbocycles. The molecular formula is C21H25N5O. The van der Waals surface area contributed by atoms with Crippen molar-refractivity contribution < 1.29 is 4.79 Å². The van der Waals surface area contributed by atoms with Crippen LogP contribution in [-0.4, -0.2) is 32.7 Å². The summed E-state index contributed by atoms with van der Waals surface area (Å²) < 4.78 is 1.86. The molecule has 0 aliphatic heterocycles. The van der Waals surface area contributed by atoms with Gasteiger partial charge in [-0.3, -0.25) is 9.67 Å². The van der Waals surface area contributed by atoms with Crippen LogP contribution >= 0.6 is 0 Å². The van der Waals surface area contributed by atoms with E-state index in [1.165, 1.54) is 5.56 Å². The first-order chi connectivity index (χ1) is 13.0. The molecule has 0 bridgehead atoms. The van der Waals surface area contributed by atoms with Crippen LogP contribution in [0.3, 0.4) is 0 Å². The van der Waals surface area contributed by atoms with Crippen molar-refractivity contribution in [2.45, 2.75) is 32.4 Å². The van der Waals surface area contributed by atoms with Crippen LogP contribution in [0.4, 0.5) is 4.79 Å². The predicted octanol–water partition coefficient (Wildman–Crippen LogP) is 3.57. The highest BCUT2D eigenvalue weighted by atomic mass is 16.2. The number of nitrogens with zero attached hydrogens (tertiary/aromatic N) is 4. The molecule has 0 spiro atoms. The SMILES string of the molecule is Cc1ccc2c(c1)c(CNC(=O)N(C)[C@@H](c1ccccn1)C1CC1)nn2C. The van der Waals surface area contributed by atoms with Crippen LogP contribution in [0.2, 0.25) is 0 Å². The molecule has 2 heterocycles. The van der Waals surface area contributed by atoms with Crippen LogP contribution in [0.1, 0.15) is 35.8 Å². The van der Waals surface area contributed by atoms with Gasteiger partial charge in [0.1, 0.15) is 0 Å². The Morgan fingerprint density at radius 3 is 2.85 bits per heavy atom. The lowest BCUT2D eigenvalue weighted by Crippen LogP contribution is -2.40. The third-order valence-corrected chi connectivity index (χ3v) is 5.29. The highest BCUT2D eigenvalue weighted by Crippen LogP contribution is 2.43. The quantitative estimate of drug-likeness (QED) is 0.754. The van der Waals surface area contributed by atoms with Gasteiger partial charge in [-0.05, 0) is 49.9 Å². The van der Waals surface area contributed by atoms with Crippen LogP contribution in [0.25, 0.3) is 10.9 Å². The molecule has 1 atom stereocenters. The van der Waals surface area contributed by atoms with Crippen molar-refractivity contribution >= 4 is 16.9 Å². The zero-order valence-corrected chi connectivity index (χ0v) is 16.0. The molecule has 0 unspecified atom stereocenters. The molecule has 4 rings (SSSR count). The summed E-state index contributed by atoms with van der Waals surface area (Å²) in [6.45, 7) is 2.47. The number of amides is 2. The molecule has 140 valence electrons. The molecule has 0 radical (unpaired) electrons. The van der Waals surface area contributed by atoms with Crippen LogP contribution < -0.4 is 5.32 Å². The Kier molecular flexibility index (Phi) is 4.56. The van der Waals surface area contributed by atoms with E-state index in [0.717, 1.165) is 35.1 Å². The van der Waals surface area contributed by atoms with E-state index in [4.69, 9.17) is 0 Å². The fraction of sp³-hybridized carbons (Fsp3) is 0.381. The standard InChI is InChI=1S/C21H25N5O/c1-14-7-10-19-16(12-14)18(24-26(19)3)13-23-21(27)25(2)20(15-8-9-15)17-6-4-5-11-22-17/h4-7,10-12,15,20H,8-9,13H2,1-3H3,(H,23,27)/t20-/m1/s1. The molecule has 1 aliphatic carbocycles. The van der Waals surface area contributed by atoms with E-state index in [1.54, 1.807) is 11.1 Å². The Morgan fingerprint density at radius 1 is 1.33 bits per heavy atom. The second kappa shape index (κ2) is 7.02. The van der Waals surface area contributed by atoms with E-state index in [9.17, 15) is 4.79 Å². The zero-order valence-electron chi connectivity index (χ0n) is 16.0. The summed E-state index contributed by atoms with van der Waals surface area (Å²) in [5, 5.41) is 8.71. The van der Waals surface area contributed by atoms with E-state index in [1.807, 2.05) is 37.0 Å². The van der Waals surface area contributed by atoms with Gasteiger partial charge in [0.15, 0.2) is 0 Å². The number of carbonyl (C=O) groups excluding carboxylic acids is 1. The third kappa shape index (κ3) is 3.52. The van der Waals surface area contributed by atoms with Gasteiger partial charge in [0, 0.05) is 25.7 Å². The van der Waals surface area contributed by atoms with Gasteiger partial charge >= 0.3 is 6.03 Å². The van der Waals surface area contributed by atoms with E-state index in [-0.39, 0.29) is 12.1 Å². The minimum absolute atomic E-state index is 0.0221. The van der Waals surface area contributed by atoms with Gasteiger partial charge in [0.05, 0.1) is 29.5 Å². The fourth-order valence-corrected chi connectivity index (χ4v) is 3.71. The molecule has 6 nitrogen and oxygen atoms in total. The molecule has 0 saturated heterocycles. The minimum atomic E-state index is -0.0935. The second-order valence-electron chi connectivity index (χ2n) is 7.40. The summed E-state index contributed by atoms with van der Waals surface area (Å²) in [6.07, 6.45) is 4.07. The van der Waals surface area contributed by atoms with E-state index >= 15 is 0 Å². The summed E-state index contributed by atoms with van der Waals surface area (Å²) in [5.41, 5.74) is 4.10. The van der Waals surface area contributed by atoms with Gasteiger partial charge in [0.2, 0.25) is 0 Å². The number of rotatable bonds is 5. The smallest absolute Gasteiger partial charge is 0.318 e. The van der Waals surface area contributed by atoms with Gasteiger partial charge in [-0.2, -0.15) is 5.10 Å². The van der Waals surface area contributed by atoms with E-state index in [0.29, 0.717) is 12.5 Å². The van der Waals surface area contributed by atoms with Crippen LogP contribution in [0.15, 0.2) is 42.6 Å².